The predicted octanol–water partition coefficient (Wildman–Crippen LogP) is 0.394. The number of methoxy groups -OCH3 is 1. The summed E-state index contributed by atoms with van der Waals surface area (Å²) >= 11 is 5.86. The van der Waals surface area contributed by atoms with Gasteiger partial charge in [0, 0.05) is 24.5 Å². The van der Waals surface area contributed by atoms with Crippen LogP contribution < -0.4 is 10.6 Å². The minimum absolute atomic E-state index is 0.0492. The summed E-state index contributed by atoms with van der Waals surface area (Å²) in [5.74, 6) is -2.10. The van der Waals surface area contributed by atoms with Crippen LogP contribution in [0.25, 0.3) is 0 Å². The maximum Gasteiger partial charge on any atom is 0.475 e. The summed E-state index contributed by atoms with van der Waals surface area (Å²) in [6.07, 6.45) is 5.66. The lowest BCUT2D eigenvalue weighted by Crippen LogP contribution is -2.55. The van der Waals surface area contributed by atoms with Crippen molar-refractivity contribution in [2.45, 2.75) is 31.2 Å². The number of carbonyl (C=O) groups is 2. The second-order valence-electron chi connectivity index (χ2n) is 6.62. The van der Waals surface area contributed by atoms with Crippen molar-refractivity contribution < 1.29 is 24.4 Å². The molecule has 2 amide bonds. The Morgan fingerprint density at radius 1 is 1.20 bits per heavy atom. The van der Waals surface area contributed by atoms with Crippen LogP contribution in [0.2, 0.25) is 5.02 Å². The fourth-order valence-corrected chi connectivity index (χ4v) is 2.88. The van der Waals surface area contributed by atoms with Gasteiger partial charge in [-0.2, -0.15) is 0 Å². The van der Waals surface area contributed by atoms with Gasteiger partial charge in [0.25, 0.3) is 5.91 Å². The average Bonchev–Trinajstić information content (AvgIpc) is 2.74. The third-order valence-electron chi connectivity index (χ3n) is 4.33. The summed E-state index contributed by atoms with van der Waals surface area (Å²) in [4.78, 5) is 32.5. The Bertz CT molecular complexity index is 810. The molecule has 9 nitrogen and oxygen atoms in total. The summed E-state index contributed by atoms with van der Waals surface area (Å²) in [5.41, 5.74) is 1.10. The van der Waals surface area contributed by atoms with Gasteiger partial charge in [0.1, 0.15) is 11.7 Å². The number of aromatic nitrogens is 2. The van der Waals surface area contributed by atoms with E-state index in [9.17, 15) is 19.6 Å². The van der Waals surface area contributed by atoms with Crippen LogP contribution in [-0.2, 0) is 16.0 Å². The summed E-state index contributed by atoms with van der Waals surface area (Å²) in [5, 5.41) is 25.0. The van der Waals surface area contributed by atoms with Crippen LogP contribution in [0.1, 0.15) is 28.9 Å². The molecule has 30 heavy (non-hydrogen) atoms. The van der Waals surface area contributed by atoms with E-state index in [0.717, 1.165) is 5.56 Å². The molecule has 0 unspecified atom stereocenters. The van der Waals surface area contributed by atoms with Gasteiger partial charge in [-0.1, -0.05) is 23.7 Å². The lowest BCUT2D eigenvalue weighted by molar-refractivity contribution is -0.124. The molecular formula is C19H24BClN4O5. The van der Waals surface area contributed by atoms with Crippen LogP contribution in [-0.4, -0.2) is 64.6 Å². The molecule has 2 atom stereocenters. The molecule has 4 N–H and O–H groups in total. The molecule has 0 bridgehead atoms. The molecule has 2 aromatic rings. The number of ether oxygens (including phenoxy) is 1. The van der Waals surface area contributed by atoms with Crippen molar-refractivity contribution in [2.24, 2.45) is 0 Å². The zero-order valence-electron chi connectivity index (χ0n) is 16.5. The molecule has 0 radical (unpaired) electrons. The predicted molar refractivity (Wildman–Crippen MR) is 112 cm³/mol. The van der Waals surface area contributed by atoms with E-state index in [2.05, 4.69) is 20.6 Å². The Morgan fingerprint density at radius 3 is 2.53 bits per heavy atom. The lowest BCUT2D eigenvalue weighted by Gasteiger charge is -2.22. The first-order valence-corrected chi connectivity index (χ1v) is 9.75. The normalized spacial score (nSPS) is 12.7. The molecule has 0 aliphatic carbocycles. The van der Waals surface area contributed by atoms with E-state index in [0.29, 0.717) is 24.3 Å². The molecule has 160 valence electrons. The summed E-state index contributed by atoms with van der Waals surface area (Å²) < 4.78 is 5.01. The number of nitrogens with one attached hydrogen (secondary N) is 2. The van der Waals surface area contributed by atoms with Crippen molar-refractivity contribution in [1.29, 1.82) is 0 Å². The zero-order valence-corrected chi connectivity index (χ0v) is 17.2. The van der Waals surface area contributed by atoms with Crippen molar-refractivity contribution in [3.8, 4) is 0 Å². The van der Waals surface area contributed by atoms with Gasteiger partial charge in [0.2, 0.25) is 5.91 Å². The Balaban J connectivity index is 1.92. The fraction of sp³-hybridized carbons (Fsp3) is 0.368. The van der Waals surface area contributed by atoms with Gasteiger partial charge >= 0.3 is 7.12 Å². The van der Waals surface area contributed by atoms with Crippen molar-refractivity contribution in [3.05, 3.63) is 59.1 Å². The molecule has 0 fully saturated rings. The number of hydrogen-bond acceptors (Lipinski definition) is 7. The number of carbonyl (C=O) groups excluding carboxylic acids is 2. The smallest absolute Gasteiger partial charge is 0.426 e. The maximum atomic E-state index is 12.6. The number of aryl methyl sites for hydroxylation is 1. The molecule has 1 heterocycles. The quantitative estimate of drug-likeness (QED) is 0.376. The van der Waals surface area contributed by atoms with E-state index in [1.165, 1.54) is 25.7 Å². The van der Waals surface area contributed by atoms with Gasteiger partial charge in [-0.3, -0.25) is 14.6 Å². The van der Waals surface area contributed by atoms with E-state index in [1.807, 2.05) is 12.1 Å². The van der Waals surface area contributed by atoms with Crippen molar-refractivity contribution in [3.63, 3.8) is 0 Å². The highest BCUT2D eigenvalue weighted by atomic mass is 35.5. The van der Waals surface area contributed by atoms with Gasteiger partial charge in [-0.05, 0) is 37.0 Å². The Kier molecular flexibility index (Phi) is 9.69. The lowest BCUT2D eigenvalue weighted by atomic mass is 9.76. The van der Waals surface area contributed by atoms with E-state index < -0.39 is 30.9 Å². The van der Waals surface area contributed by atoms with E-state index in [4.69, 9.17) is 16.3 Å². The van der Waals surface area contributed by atoms with Gasteiger partial charge in [0.15, 0.2) is 0 Å². The third-order valence-corrected chi connectivity index (χ3v) is 4.58. The second-order valence-corrected chi connectivity index (χ2v) is 7.06. The molecule has 11 heteroatoms. The number of benzene rings is 1. The Labute approximate surface area is 180 Å². The summed E-state index contributed by atoms with van der Waals surface area (Å²) in [6.45, 7) is -0.100. The molecule has 0 saturated carbocycles. The van der Waals surface area contributed by atoms with Crippen molar-refractivity contribution >= 4 is 30.5 Å². The minimum Gasteiger partial charge on any atom is -0.426 e. The summed E-state index contributed by atoms with van der Waals surface area (Å²) in [7, 11) is -0.364. The first-order valence-electron chi connectivity index (χ1n) is 9.37. The highest BCUT2D eigenvalue weighted by Gasteiger charge is 2.29. The molecule has 2 rings (SSSR count). The van der Waals surface area contributed by atoms with Crippen molar-refractivity contribution in [1.82, 2.24) is 20.6 Å². The van der Waals surface area contributed by atoms with E-state index in [-0.39, 0.29) is 12.3 Å². The van der Waals surface area contributed by atoms with Crippen LogP contribution >= 0.6 is 11.6 Å². The van der Waals surface area contributed by atoms with Gasteiger partial charge < -0.3 is 25.4 Å². The molecule has 0 saturated heterocycles. The number of amides is 2. The topological polar surface area (TPSA) is 134 Å². The highest BCUT2D eigenvalue weighted by Crippen LogP contribution is 2.12. The molecule has 0 aliphatic heterocycles. The van der Waals surface area contributed by atoms with Gasteiger partial charge in [-0.25, -0.2) is 4.98 Å². The zero-order chi connectivity index (χ0) is 21.9. The largest absolute Gasteiger partial charge is 0.475 e. The minimum atomic E-state index is -1.75. The first-order chi connectivity index (χ1) is 14.4. The second kappa shape index (κ2) is 12.2. The van der Waals surface area contributed by atoms with E-state index in [1.54, 1.807) is 12.1 Å². The van der Waals surface area contributed by atoms with Crippen LogP contribution in [0.15, 0.2) is 42.9 Å². The van der Waals surface area contributed by atoms with Crippen molar-refractivity contribution in [2.75, 3.05) is 13.7 Å². The Morgan fingerprint density at radius 2 is 1.93 bits per heavy atom. The van der Waals surface area contributed by atoms with Crippen LogP contribution in [0.4, 0.5) is 0 Å². The standard InChI is InChI=1S/C19H24BClN4O5/c1-30-12-16(24-18(26)15-11-22-9-10-23-15)19(27)25-17(20(28)29)4-2-3-13-5-7-14(21)8-6-13/h5-11,16-17,28-29H,2-4,12H2,1H3,(H,24,26)(H,25,27)/t16-,17+/m1/s1. The van der Waals surface area contributed by atoms with Gasteiger partial charge in [0.05, 0.1) is 18.7 Å². The molecule has 1 aromatic carbocycles. The first kappa shape index (κ1) is 23.8. The van der Waals surface area contributed by atoms with Crippen LogP contribution in [0.5, 0.6) is 0 Å². The monoisotopic (exact) mass is 434 g/mol. The number of rotatable bonds is 11. The molecule has 0 aliphatic rings. The van der Waals surface area contributed by atoms with Crippen LogP contribution in [0.3, 0.4) is 0 Å². The molecule has 1 aromatic heterocycles. The van der Waals surface area contributed by atoms with Gasteiger partial charge in [-0.15, -0.1) is 0 Å². The molecular weight excluding hydrogens is 410 g/mol. The molecule has 0 spiro atoms. The average molecular weight is 435 g/mol. The maximum absolute atomic E-state index is 12.6. The summed E-state index contributed by atoms with van der Waals surface area (Å²) in [6, 6.07) is 6.31. The Hall–Kier alpha value is -2.53. The highest BCUT2D eigenvalue weighted by molar-refractivity contribution is 6.43. The fourth-order valence-electron chi connectivity index (χ4n) is 2.75. The van der Waals surface area contributed by atoms with E-state index >= 15 is 0 Å². The number of hydrogen-bond donors (Lipinski definition) is 4. The SMILES string of the molecule is COC[C@@H](NC(=O)c1cnccn1)C(=O)N[C@@H](CCCc1ccc(Cl)cc1)B(O)O. The van der Waals surface area contributed by atoms with Crippen LogP contribution in [0, 0.1) is 0 Å². The number of nitrogens with zero attached hydrogens (tertiary/aromatic N) is 2. The number of halogens is 1. The third kappa shape index (κ3) is 7.71.